The Hall–Kier alpha value is -1.88. The number of hydrogen-bond acceptors (Lipinski definition) is 4. The number of benzene rings is 2. The molecular formula is C19H21NO2S. The zero-order valence-electron chi connectivity index (χ0n) is 13.1. The van der Waals surface area contributed by atoms with E-state index >= 15 is 0 Å². The Morgan fingerprint density at radius 1 is 1.09 bits per heavy atom. The maximum atomic E-state index is 10.6. The maximum Gasteiger partial charge on any atom is 0.151 e. The lowest BCUT2D eigenvalue weighted by Crippen LogP contribution is -2.34. The summed E-state index contributed by atoms with van der Waals surface area (Å²) in [7, 11) is 0. The first-order valence-corrected chi connectivity index (χ1v) is 8.74. The molecule has 3 rings (SSSR count). The number of aliphatic hydroxyl groups is 1. The number of thiophene rings is 1. The number of fused-ring (bicyclic) bond motifs is 1. The molecule has 0 bridgehead atoms. The van der Waals surface area contributed by atoms with Crippen molar-refractivity contribution in [3.63, 3.8) is 0 Å². The van der Waals surface area contributed by atoms with E-state index in [2.05, 4.69) is 22.8 Å². The van der Waals surface area contributed by atoms with Crippen LogP contribution in [-0.4, -0.2) is 24.3 Å². The van der Waals surface area contributed by atoms with E-state index < -0.39 is 12.2 Å². The van der Waals surface area contributed by atoms with Crippen molar-refractivity contribution in [3.05, 3.63) is 65.5 Å². The third kappa shape index (κ3) is 3.72. The van der Waals surface area contributed by atoms with Gasteiger partial charge in [-0.05, 0) is 35.0 Å². The zero-order valence-corrected chi connectivity index (χ0v) is 13.9. The highest BCUT2D eigenvalue weighted by Gasteiger charge is 2.23. The van der Waals surface area contributed by atoms with Gasteiger partial charge in [-0.15, -0.1) is 11.3 Å². The Balaban J connectivity index is 1.90. The van der Waals surface area contributed by atoms with Crippen LogP contribution < -0.4 is 10.1 Å². The van der Waals surface area contributed by atoms with Gasteiger partial charge in [-0.25, -0.2) is 0 Å². The molecule has 2 aromatic carbocycles. The molecule has 3 aromatic rings. The summed E-state index contributed by atoms with van der Waals surface area (Å²) in [4.78, 5) is 0. The Labute approximate surface area is 140 Å². The number of nitrogens with one attached hydrogen (secondary N) is 1. The number of aliphatic hydroxyl groups excluding tert-OH is 1. The first-order chi connectivity index (χ1) is 11.3. The van der Waals surface area contributed by atoms with E-state index in [0.717, 1.165) is 22.6 Å². The van der Waals surface area contributed by atoms with E-state index in [1.807, 2.05) is 49.4 Å². The molecule has 2 atom stereocenters. The monoisotopic (exact) mass is 327 g/mol. The fourth-order valence-electron chi connectivity index (χ4n) is 2.61. The van der Waals surface area contributed by atoms with Crippen LogP contribution in [0.4, 0.5) is 0 Å². The molecule has 120 valence electrons. The van der Waals surface area contributed by atoms with Crippen LogP contribution in [0.1, 0.15) is 18.6 Å². The number of likely N-dealkylation sites (N-methyl/N-ethyl adjacent to an activating group) is 1. The van der Waals surface area contributed by atoms with Crippen molar-refractivity contribution in [2.24, 2.45) is 0 Å². The Morgan fingerprint density at radius 2 is 1.91 bits per heavy atom. The molecule has 3 nitrogen and oxygen atoms in total. The molecule has 0 aliphatic rings. The molecule has 23 heavy (non-hydrogen) atoms. The molecule has 0 saturated heterocycles. The van der Waals surface area contributed by atoms with Crippen LogP contribution >= 0.6 is 11.3 Å². The van der Waals surface area contributed by atoms with E-state index in [1.54, 1.807) is 11.3 Å². The van der Waals surface area contributed by atoms with Crippen LogP contribution in [0.2, 0.25) is 0 Å². The second-order valence-electron chi connectivity index (χ2n) is 5.42. The molecule has 0 spiro atoms. The minimum absolute atomic E-state index is 0.400. The summed E-state index contributed by atoms with van der Waals surface area (Å²) in [6.07, 6.45) is -1.02. The van der Waals surface area contributed by atoms with Crippen molar-refractivity contribution in [1.29, 1.82) is 0 Å². The van der Waals surface area contributed by atoms with Gasteiger partial charge in [0.25, 0.3) is 0 Å². The average Bonchev–Trinajstić information content (AvgIpc) is 3.07. The minimum Gasteiger partial charge on any atom is -0.481 e. The molecule has 0 aliphatic heterocycles. The van der Waals surface area contributed by atoms with Gasteiger partial charge in [0, 0.05) is 6.54 Å². The van der Waals surface area contributed by atoms with Gasteiger partial charge >= 0.3 is 0 Å². The standard InChI is InChI=1S/C19H21NO2S/c1-2-20-13-16(21)18(14-7-4-3-5-8-14)22-17-10-6-9-15-11-12-23-19(15)17/h3-12,16,18,20-21H,2,13H2,1H3/t16-,18-/m1/s1. The van der Waals surface area contributed by atoms with Gasteiger partial charge in [0.15, 0.2) is 6.10 Å². The van der Waals surface area contributed by atoms with Crippen LogP contribution in [0.3, 0.4) is 0 Å². The van der Waals surface area contributed by atoms with Gasteiger partial charge in [0.05, 0.1) is 4.70 Å². The van der Waals surface area contributed by atoms with Gasteiger partial charge in [-0.1, -0.05) is 49.4 Å². The second-order valence-corrected chi connectivity index (χ2v) is 6.34. The summed E-state index contributed by atoms with van der Waals surface area (Å²) in [6, 6.07) is 18.0. The molecule has 0 saturated carbocycles. The van der Waals surface area contributed by atoms with Crippen LogP contribution in [-0.2, 0) is 0 Å². The van der Waals surface area contributed by atoms with Gasteiger partial charge in [-0.3, -0.25) is 0 Å². The van der Waals surface area contributed by atoms with Gasteiger partial charge in [0.2, 0.25) is 0 Å². The molecule has 2 N–H and O–H groups in total. The van der Waals surface area contributed by atoms with E-state index in [9.17, 15) is 5.11 Å². The minimum atomic E-state index is -0.618. The van der Waals surface area contributed by atoms with E-state index in [4.69, 9.17) is 4.74 Å². The normalized spacial score (nSPS) is 13.8. The average molecular weight is 327 g/mol. The van der Waals surface area contributed by atoms with Crippen LogP contribution in [0.25, 0.3) is 10.1 Å². The lowest BCUT2D eigenvalue weighted by atomic mass is 10.0. The maximum absolute atomic E-state index is 10.6. The molecule has 0 aliphatic carbocycles. The van der Waals surface area contributed by atoms with Crippen molar-refractivity contribution < 1.29 is 9.84 Å². The summed E-state index contributed by atoms with van der Waals surface area (Å²) in [5, 5.41) is 17.0. The third-order valence-corrected chi connectivity index (χ3v) is 4.72. The SMILES string of the molecule is CCNC[C@@H](O)[C@H](Oc1cccc2ccsc12)c1ccccc1. The molecule has 0 amide bonds. The number of hydrogen-bond donors (Lipinski definition) is 2. The summed E-state index contributed by atoms with van der Waals surface area (Å²) >= 11 is 1.66. The Bertz CT molecular complexity index is 741. The first kappa shape index (κ1) is 16.0. The smallest absolute Gasteiger partial charge is 0.151 e. The molecular weight excluding hydrogens is 306 g/mol. The topological polar surface area (TPSA) is 41.5 Å². The molecule has 0 radical (unpaired) electrons. The third-order valence-electron chi connectivity index (χ3n) is 3.78. The summed E-state index contributed by atoms with van der Waals surface area (Å²) < 4.78 is 7.37. The summed E-state index contributed by atoms with van der Waals surface area (Å²) in [6.45, 7) is 3.34. The van der Waals surface area contributed by atoms with Crippen molar-refractivity contribution in [1.82, 2.24) is 5.32 Å². The lowest BCUT2D eigenvalue weighted by Gasteiger charge is -2.25. The van der Waals surface area contributed by atoms with E-state index in [1.165, 1.54) is 5.39 Å². The Kier molecular flexibility index (Phi) is 5.28. The Morgan fingerprint density at radius 3 is 2.70 bits per heavy atom. The summed E-state index contributed by atoms with van der Waals surface area (Å²) in [5.74, 6) is 0.821. The highest BCUT2D eigenvalue weighted by Crippen LogP contribution is 2.34. The van der Waals surface area contributed by atoms with E-state index in [-0.39, 0.29) is 0 Å². The van der Waals surface area contributed by atoms with E-state index in [0.29, 0.717) is 6.54 Å². The molecule has 1 heterocycles. The second kappa shape index (κ2) is 7.59. The van der Waals surface area contributed by atoms with Crippen molar-refractivity contribution >= 4 is 21.4 Å². The highest BCUT2D eigenvalue weighted by molar-refractivity contribution is 7.17. The lowest BCUT2D eigenvalue weighted by molar-refractivity contribution is 0.0371. The first-order valence-electron chi connectivity index (χ1n) is 7.86. The quantitative estimate of drug-likeness (QED) is 0.689. The fraction of sp³-hybridized carbons (Fsp3) is 0.263. The summed E-state index contributed by atoms with van der Waals surface area (Å²) in [5.41, 5.74) is 0.978. The van der Waals surface area contributed by atoms with Crippen molar-refractivity contribution in [2.75, 3.05) is 13.1 Å². The van der Waals surface area contributed by atoms with Crippen LogP contribution in [0, 0.1) is 0 Å². The predicted octanol–water partition coefficient (Wildman–Crippen LogP) is 3.99. The number of ether oxygens (including phenoxy) is 1. The largest absolute Gasteiger partial charge is 0.481 e. The van der Waals surface area contributed by atoms with Gasteiger partial charge in [0.1, 0.15) is 11.9 Å². The molecule has 0 unspecified atom stereocenters. The highest BCUT2D eigenvalue weighted by atomic mass is 32.1. The predicted molar refractivity (Wildman–Crippen MR) is 96.2 cm³/mol. The van der Waals surface area contributed by atoms with Crippen LogP contribution in [0.5, 0.6) is 5.75 Å². The zero-order chi connectivity index (χ0) is 16.1. The molecule has 4 heteroatoms. The fourth-order valence-corrected chi connectivity index (χ4v) is 3.46. The van der Waals surface area contributed by atoms with Crippen molar-refractivity contribution in [3.8, 4) is 5.75 Å². The van der Waals surface area contributed by atoms with Crippen molar-refractivity contribution in [2.45, 2.75) is 19.1 Å². The molecule has 0 fully saturated rings. The molecule has 1 aromatic heterocycles. The number of rotatable bonds is 7. The van der Waals surface area contributed by atoms with Gasteiger partial charge < -0.3 is 15.2 Å². The van der Waals surface area contributed by atoms with Gasteiger partial charge in [-0.2, -0.15) is 0 Å². The van der Waals surface area contributed by atoms with Crippen LogP contribution in [0.15, 0.2) is 60.0 Å².